The summed E-state index contributed by atoms with van der Waals surface area (Å²) in [4.78, 5) is 0. The molecule has 0 amide bonds. The van der Waals surface area contributed by atoms with E-state index in [0.717, 1.165) is 12.8 Å². The van der Waals surface area contributed by atoms with Crippen molar-refractivity contribution in [3.05, 3.63) is 45.6 Å². The monoisotopic (exact) mass is 388 g/mol. The van der Waals surface area contributed by atoms with Crippen molar-refractivity contribution in [3.8, 4) is 0 Å². The van der Waals surface area contributed by atoms with Crippen LogP contribution in [0.4, 0.5) is 0 Å². The van der Waals surface area contributed by atoms with E-state index < -0.39 is 0 Å². The van der Waals surface area contributed by atoms with Crippen molar-refractivity contribution >= 4 is 0 Å². The minimum absolute atomic E-state index is 0. The van der Waals surface area contributed by atoms with Gasteiger partial charge in [0, 0.05) is 0 Å². The Morgan fingerprint density at radius 3 is 1.00 bits per heavy atom. The van der Waals surface area contributed by atoms with Crippen molar-refractivity contribution in [1.82, 2.24) is 0 Å². The van der Waals surface area contributed by atoms with Crippen LogP contribution in [-0.4, -0.2) is 0 Å². The van der Waals surface area contributed by atoms with Crippen molar-refractivity contribution in [2.75, 3.05) is 0 Å². The molecule has 0 saturated carbocycles. The van der Waals surface area contributed by atoms with Crippen LogP contribution in [0.2, 0.25) is 0 Å². The summed E-state index contributed by atoms with van der Waals surface area (Å²) < 4.78 is 0. The van der Waals surface area contributed by atoms with Crippen LogP contribution in [0.1, 0.15) is 82.1 Å². The third kappa shape index (κ3) is 4.91. The summed E-state index contributed by atoms with van der Waals surface area (Å²) in [5.74, 6) is 0. The Kier molecular flexibility index (Phi) is 8.23. The van der Waals surface area contributed by atoms with Gasteiger partial charge in [0.2, 0.25) is 0 Å². The predicted octanol–water partition coefficient (Wildman–Crippen LogP) is 7.00. The van der Waals surface area contributed by atoms with Gasteiger partial charge in [0.15, 0.2) is 0 Å². The molecule has 0 spiro atoms. The second-order valence-electron chi connectivity index (χ2n) is 7.66. The van der Waals surface area contributed by atoms with Crippen LogP contribution in [0, 0.1) is 23.0 Å². The Hall–Kier alpha value is -0.157. The van der Waals surface area contributed by atoms with E-state index in [9.17, 15) is 0 Å². The van der Waals surface area contributed by atoms with E-state index in [1.54, 1.807) is 0 Å². The maximum absolute atomic E-state index is 3.52. The molecule has 0 aromatic carbocycles. The van der Waals surface area contributed by atoms with Gasteiger partial charge in [-0.15, -0.1) is 13.8 Å². The first-order valence-corrected chi connectivity index (χ1v) is 8.62. The summed E-state index contributed by atoms with van der Waals surface area (Å²) in [5.41, 5.74) is 9.07. The summed E-state index contributed by atoms with van der Waals surface area (Å²) in [7, 11) is 0. The molecule has 0 unspecified atom stereocenters. The van der Waals surface area contributed by atoms with Gasteiger partial charge < -0.3 is 0 Å². The van der Waals surface area contributed by atoms with Crippen molar-refractivity contribution in [2.24, 2.45) is 10.8 Å². The molecule has 0 bridgehead atoms. The molecule has 2 aliphatic carbocycles. The molecule has 2 rings (SSSR count). The Morgan fingerprint density at radius 2 is 0.913 bits per heavy atom. The quantitative estimate of drug-likeness (QED) is 0.446. The average molecular weight is 390 g/mol. The molecule has 0 fully saturated rings. The normalized spacial score (nSPS) is 21.5. The number of rotatable bonds is 2. The van der Waals surface area contributed by atoms with Crippen LogP contribution in [0.25, 0.3) is 0 Å². The minimum Gasteiger partial charge on any atom is -0.263 e. The second kappa shape index (κ2) is 8.29. The van der Waals surface area contributed by atoms with E-state index in [1.807, 2.05) is 0 Å². The number of hydrogen-bond acceptors (Lipinski definition) is 0. The standard InChI is InChI=1S/2C11H17.Zr/c2*1-6-10-7-11(4,5)9(3)8(10)2;/h2*6H2,1-5H3;/q2*-1;+2. The first-order valence-electron chi connectivity index (χ1n) is 8.62. The van der Waals surface area contributed by atoms with E-state index in [0.29, 0.717) is 0 Å². The minimum atomic E-state index is 0. The van der Waals surface area contributed by atoms with Gasteiger partial charge in [0.05, 0.1) is 0 Å². The van der Waals surface area contributed by atoms with Gasteiger partial charge in [0.1, 0.15) is 0 Å². The molecule has 1 heteroatoms. The van der Waals surface area contributed by atoms with E-state index >= 15 is 0 Å². The zero-order chi connectivity index (χ0) is 17.3. The van der Waals surface area contributed by atoms with Crippen LogP contribution < -0.4 is 0 Å². The first kappa shape index (κ1) is 22.8. The fraction of sp³-hybridized carbons (Fsp3) is 0.636. The van der Waals surface area contributed by atoms with E-state index in [-0.39, 0.29) is 37.0 Å². The number of allylic oxidation sites excluding steroid dienone is 8. The molecule has 0 aromatic heterocycles. The smallest absolute Gasteiger partial charge is 0.263 e. The van der Waals surface area contributed by atoms with Crippen LogP contribution >= 0.6 is 0 Å². The van der Waals surface area contributed by atoms with Gasteiger partial charge >= 0.3 is 26.2 Å². The van der Waals surface area contributed by atoms with Crippen molar-refractivity contribution in [1.29, 1.82) is 0 Å². The molecule has 2 aliphatic rings. The molecule has 23 heavy (non-hydrogen) atoms. The van der Waals surface area contributed by atoms with Crippen molar-refractivity contribution in [3.63, 3.8) is 0 Å². The van der Waals surface area contributed by atoms with Crippen molar-refractivity contribution < 1.29 is 26.2 Å². The Bertz CT molecular complexity index is 511. The van der Waals surface area contributed by atoms with Crippen LogP contribution in [0.15, 0.2) is 33.4 Å². The Balaban J connectivity index is 0.000000403. The third-order valence-electron chi connectivity index (χ3n) is 5.54. The fourth-order valence-corrected chi connectivity index (χ4v) is 3.23. The van der Waals surface area contributed by atoms with Crippen LogP contribution in [0.5, 0.6) is 0 Å². The largest absolute Gasteiger partial charge is 2.00 e. The molecule has 0 nitrogen and oxygen atoms in total. The molecule has 0 saturated heterocycles. The maximum atomic E-state index is 3.52. The first-order chi connectivity index (χ1) is 9.97. The average Bonchev–Trinajstić information content (AvgIpc) is 2.78. The summed E-state index contributed by atoms with van der Waals surface area (Å²) in [6.07, 6.45) is 9.28. The molecule has 0 aromatic rings. The van der Waals surface area contributed by atoms with E-state index in [1.165, 1.54) is 33.4 Å². The van der Waals surface area contributed by atoms with Crippen molar-refractivity contribution in [2.45, 2.75) is 82.1 Å². The Labute approximate surface area is 164 Å². The maximum Gasteiger partial charge on any atom is 2.00 e. The summed E-state index contributed by atoms with van der Waals surface area (Å²) in [6.45, 7) is 22.1. The van der Waals surface area contributed by atoms with Gasteiger partial charge in [-0.25, -0.2) is 11.1 Å². The zero-order valence-corrected chi connectivity index (χ0v) is 19.4. The van der Waals surface area contributed by atoms with Gasteiger partial charge in [-0.05, 0) is 0 Å². The van der Waals surface area contributed by atoms with Gasteiger partial charge in [0.25, 0.3) is 0 Å². The van der Waals surface area contributed by atoms with E-state index in [2.05, 4.69) is 81.4 Å². The van der Waals surface area contributed by atoms with Crippen LogP contribution in [-0.2, 0) is 26.2 Å². The summed E-state index contributed by atoms with van der Waals surface area (Å²) in [6, 6.07) is 0. The van der Waals surface area contributed by atoms with Gasteiger partial charge in [-0.2, -0.15) is 22.3 Å². The topological polar surface area (TPSA) is 0 Å². The molecular weight excluding hydrogens is 355 g/mol. The van der Waals surface area contributed by atoms with Gasteiger partial charge in [-0.3, -0.25) is 12.2 Å². The predicted molar refractivity (Wildman–Crippen MR) is 98.4 cm³/mol. The zero-order valence-electron chi connectivity index (χ0n) is 16.9. The molecule has 0 N–H and O–H groups in total. The van der Waals surface area contributed by atoms with E-state index in [4.69, 9.17) is 0 Å². The van der Waals surface area contributed by atoms with Gasteiger partial charge in [-0.1, -0.05) is 79.1 Å². The summed E-state index contributed by atoms with van der Waals surface area (Å²) >= 11 is 0. The number of hydrogen-bond donors (Lipinski definition) is 0. The fourth-order valence-electron chi connectivity index (χ4n) is 3.23. The third-order valence-corrected chi connectivity index (χ3v) is 5.54. The molecule has 126 valence electrons. The summed E-state index contributed by atoms with van der Waals surface area (Å²) in [5, 5.41) is 0. The second-order valence-corrected chi connectivity index (χ2v) is 7.66. The molecule has 0 heterocycles. The molecule has 0 radical (unpaired) electrons. The molecule has 0 aliphatic heterocycles. The Morgan fingerprint density at radius 1 is 0.652 bits per heavy atom. The molecule has 0 atom stereocenters. The van der Waals surface area contributed by atoms with Crippen LogP contribution in [0.3, 0.4) is 0 Å². The SMILES string of the molecule is CCC1=[C-]C(C)(C)C(C)=C1C.CCC1=[C-]C(C)(C)C(C)=C1C.[Zr+2]. The molecular formula is C22H34Zr.